The Morgan fingerprint density at radius 1 is 1.09 bits per heavy atom. The predicted molar refractivity (Wildman–Crippen MR) is 120 cm³/mol. The first-order valence-corrected chi connectivity index (χ1v) is 10.1. The highest BCUT2D eigenvalue weighted by Crippen LogP contribution is 2.24. The van der Waals surface area contributed by atoms with E-state index in [2.05, 4.69) is 20.4 Å². The van der Waals surface area contributed by atoms with E-state index in [9.17, 15) is 9.59 Å². The summed E-state index contributed by atoms with van der Waals surface area (Å²) < 4.78 is 6.77. The summed E-state index contributed by atoms with van der Waals surface area (Å²) in [5.74, 6) is 0.295. The molecule has 32 heavy (non-hydrogen) atoms. The third-order valence-corrected chi connectivity index (χ3v) is 4.86. The van der Waals surface area contributed by atoms with Crippen LogP contribution in [0.15, 0.2) is 42.7 Å². The zero-order valence-electron chi connectivity index (χ0n) is 18.9. The fraction of sp³-hybridized carbons (Fsp3) is 0.318. The van der Waals surface area contributed by atoms with Crippen molar-refractivity contribution in [1.82, 2.24) is 34.9 Å². The monoisotopic (exact) mass is 437 g/mol. The van der Waals surface area contributed by atoms with Gasteiger partial charge in [-0.25, -0.2) is 14.5 Å². The van der Waals surface area contributed by atoms with Crippen molar-refractivity contribution in [3.05, 3.63) is 54.0 Å². The molecule has 3 aromatic rings. The molecule has 0 aliphatic carbocycles. The zero-order chi connectivity index (χ0) is 23.3. The molecule has 3 aromatic heterocycles. The lowest BCUT2D eigenvalue weighted by molar-refractivity contribution is 0.0796. The van der Waals surface area contributed by atoms with Crippen LogP contribution in [0.5, 0.6) is 5.88 Å². The van der Waals surface area contributed by atoms with E-state index in [1.807, 2.05) is 25.1 Å². The van der Waals surface area contributed by atoms with E-state index in [0.717, 1.165) is 5.56 Å². The van der Waals surface area contributed by atoms with E-state index in [1.165, 1.54) is 4.90 Å². The molecule has 10 nitrogen and oxygen atoms in total. The summed E-state index contributed by atoms with van der Waals surface area (Å²) in [5.41, 5.74) is 3.11. The smallest absolute Gasteiger partial charge is 0.317 e. The number of methoxy groups -OCH3 is 1. The molecule has 0 bridgehead atoms. The third kappa shape index (κ3) is 5.02. The van der Waals surface area contributed by atoms with Gasteiger partial charge in [0.1, 0.15) is 0 Å². The summed E-state index contributed by atoms with van der Waals surface area (Å²) in [6, 6.07) is 8.79. The topological polar surface area (TPSA) is 105 Å². The number of rotatable bonds is 7. The number of amides is 3. The maximum atomic E-state index is 12.7. The summed E-state index contributed by atoms with van der Waals surface area (Å²) in [5, 5.41) is 7.33. The fourth-order valence-corrected chi connectivity index (χ4v) is 2.84. The minimum Gasteiger partial charge on any atom is -0.481 e. The molecule has 3 rings (SSSR count). The minimum absolute atomic E-state index is 0.178. The van der Waals surface area contributed by atoms with Crippen LogP contribution in [0.1, 0.15) is 23.0 Å². The highest BCUT2D eigenvalue weighted by atomic mass is 16.5. The lowest BCUT2D eigenvalue weighted by Crippen LogP contribution is -2.33. The number of ether oxygens (including phenoxy) is 1. The number of nitrogens with zero attached hydrogens (tertiary/aromatic N) is 6. The third-order valence-electron chi connectivity index (χ3n) is 4.86. The van der Waals surface area contributed by atoms with Crippen molar-refractivity contribution < 1.29 is 14.3 Å². The van der Waals surface area contributed by atoms with Crippen LogP contribution in [0.3, 0.4) is 0 Å². The number of nitrogens with one attached hydrogen (secondary N) is 1. The summed E-state index contributed by atoms with van der Waals surface area (Å²) in [4.78, 5) is 36.3. The highest BCUT2D eigenvalue weighted by molar-refractivity contribution is 5.93. The molecule has 0 fully saturated rings. The maximum absolute atomic E-state index is 12.7. The number of aromatic nitrogens is 4. The molecular weight excluding hydrogens is 410 g/mol. The van der Waals surface area contributed by atoms with Crippen molar-refractivity contribution >= 4 is 11.9 Å². The van der Waals surface area contributed by atoms with Crippen LogP contribution in [-0.4, -0.2) is 76.3 Å². The van der Waals surface area contributed by atoms with Crippen LogP contribution in [-0.2, 0) is 6.54 Å². The van der Waals surface area contributed by atoms with Gasteiger partial charge in [-0.2, -0.15) is 5.10 Å². The number of carbonyl (C=O) groups excluding carboxylic acids is 2. The molecule has 0 aliphatic heterocycles. The average molecular weight is 438 g/mol. The molecule has 3 amide bonds. The average Bonchev–Trinajstić information content (AvgIpc) is 3.27. The van der Waals surface area contributed by atoms with Crippen LogP contribution >= 0.6 is 0 Å². The van der Waals surface area contributed by atoms with E-state index in [0.29, 0.717) is 41.7 Å². The Hall–Kier alpha value is -3.95. The van der Waals surface area contributed by atoms with E-state index in [4.69, 9.17) is 4.74 Å². The number of urea groups is 1. The van der Waals surface area contributed by atoms with Gasteiger partial charge in [0.15, 0.2) is 5.69 Å². The summed E-state index contributed by atoms with van der Waals surface area (Å²) >= 11 is 0. The molecule has 0 aromatic carbocycles. The van der Waals surface area contributed by atoms with Crippen molar-refractivity contribution in [1.29, 1.82) is 0 Å². The molecule has 0 spiro atoms. The van der Waals surface area contributed by atoms with Gasteiger partial charge < -0.3 is 19.9 Å². The van der Waals surface area contributed by atoms with E-state index >= 15 is 0 Å². The molecule has 0 radical (unpaired) electrons. The van der Waals surface area contributed by atoms with E-state index < -0.39 is 0 Å². The second-order valence-electron chi connectivity index (χ2n) is 7.31. The number of carbonyl (C=O) groups is 2. The molecule has 10 heteroatoms. The van der Waals surface area contributed by atoms with Crippen molar-refractivity contribution in [2.24, 2.45) is 0 Å². The molecular formula is C22H27N7O3. The second-order valence-corrected chi connectivity index (χ2v) is 7.31. The van der Waals surface area contributed by atoms with Gasteiger partial charge >= 0.3 is 6.03 Å². The Morgan fingerprint density at radius 2 is 1.88 bits per heavy atom. The molecule has 168 valence electrons. The standard InChI is InChI=1S/C22H27N7O3/c1-6-28(4)21(30)18-11-19(29(26-18)16-8-10-20(32-5)24-14-16)17-9-7-15(12-23-17)13-25-22(31)27(2)3/h7-12,14H,6,13H2,1-5H3,(H,25,31). The summed E-state index contributed by atoms with van der Waals surface area (Å²) in [6.45, 7) is 2.83. The van der Waals surface area contributed by atoms with Crippen molar-refractivity contribution in [2.45, 2.75) is 13.5 Å². The number of pyridine rings is 2. The van der Waals surface area contributed by atoms with Crippen molar-refractivity contribution in [2.75, 3.05) is 34.8 Å². The first kappa shape index (κ1) is 22.7. The first-order valence-electron chi connectivity index (χ1n) is 10.1. The molecule has 0 saturated heterocycles. The largest absolute Gasteiger partial charge is 0.481 e. The summed E-state index contributed by atoms with van der Waals surface area (Å²) in [7, 11) is 6.64. The van der Waals surface area contributed by atoms with Gasteiger partial charge in [0.2, 0.25) is 5.88 Å². The normalized spacial score (nSPS) is 10.5. The van der Waals surface area contributed by atoms with Gasteiger partial charge in [-0.15, -0.1) is 0 Å². The quantitative estimate of drug-likeness (QED) is 0.608. The lowest BCUT2D eigenvalue weighted by Gasteiger charge is -2.12. The number of hydrogen-bond acceptors (Lipinski definition) is 6. The van der Waals surface area contributed by atoms with Crippen LogP contribution in [0.25, 0.3) is 17.1 Å². The van der Waals surface area contributed by atoms with Gasteiger partial charge in [0.25, 0.3) is 5.91 Å². The van der Waals surface area contributed by atoms with Gasteiger partial charge in [0.05, 0.1) is 30.4 Å². The van der Waals surface area contributed by atoms with E-state index in [1.54, 1.807) is 62.4 Å². The van der Waals surface area contributed by atoms with Crippen LogP contribution < -0.4 is 10.1 Å². The first-order chi connectivity index (χ1) is 15.3. The molecule has 0 atom stereocenters. The second kappa shape index (κ2) is 9.90. The Kier molecular flexibility index (Phi) is 7.04. The molecule has 0 saturated carbocycles. The SMILES string of the molecule is CCN(C)C(=O)c1cc(-c2ccc(CNC(=O)N(C)C)cn2)n(-c2ccc(OC)nc2)n1. The molecule has 3 heterocycles. The maximum Gasteiger partial charge on any atom is 0.317 e. The zero-order valence-corrected chi connectivity index (χ0v) is 18.9. The van der Waals surface area contributed by atoms with Gasteiger partial charge in [0, 0.05) is 46.5 Å². The van der Waals surface area contributed by atoms with Crippen LogP contribution in [0.4, 0.5) is 4.79 Å². The Balaban J connectivity index is 1.95. The van der Waals surface area contributed by atoms with Crippen LogP contribution in [0.2, 0.25) is 0 Å². The molecule has 0 aliphatic rings. The minimum atomic E-state index is -0.183. The molecule has 1 N–H and O–H groups in total. The van der Waals surface area contributed by atoms with Gasteiger partial charge in [-0.3, -0.25) is 9.78 Å². The summed E-state index contributed by atoms with van der Waals surface area (Å²) in [6.07, 6.45) is 3.31. The van der Waals surface area contributed by atoms with Gasteiger partial charge in [-0.05, 0) is 30.7 Å². The Morgan fingerprint density at radius 3 is 2.44 bits per heavy atom. The lowest BCUT2D eigenvalue weighted by atomic mass is 10.2. The highest BCUT2D eigenvalue weighted by Gasteiger charge is 2.20. The number of hydrogen-bond donors (Lipinski definition) is 1. The predicted octanol–water partition coefficient (Wildman–Crippen LogP) is 2.20. The van der Waals surface area contributed by atoms with Crippen molar-refractivity contribution in [3.8, 4) is 23.0 Å². The van der Waals surface area contributed by atoms with Gasteiger partial charge in [-0.1, -0.05) is 6.07 Å². The van der Waals surface area contributed by atoms with Crippen molar-refractivity contribution in [3.63, 3.8) is 0 Å². The van der Waals surface area contributed by atoms with Crippen LogP contribution in [0, 0.1) is 0 Å². The van der Waals surface area contributed by atoms with E-state index in [-0.39, 0.29) is 11.9 Å². The molecule has 0 unspecified atom stereocenters. The fourth-order valence-electron chi connectivity index (χ4n) is 2.84. The Labute approximate surface area is 186 Å². The Bertz CT molecular complexity index is 1080.